The first-order chi connectivity index (χ1) is 8.92. The Bertz CT molecular complexity index is 811. The summed E-state index contributed by atoms with van der Waals surface area (Å²) >= 11 is 0. The Morgan fingerprint density at radius 2 is 1.33 bits per heavy atom. The van der Waals surface area contributed by atoms with Crippen LogP contribution in [0.2, 0.25) is 0 Å². The van der Waals surface area contributed by atoms with E-state index in [1.807, 2.05) is 48.5 Å². The van der Waals surface area contributed by atoms with Crippen molar-refractivity contribution >= 4 is 22.1 Å². The van der Waals surface area contributed by atoms with Crippen molar-refractivity contribution < 1.29 is 0 Å². The highest BCUT2D eigenvalue weighted by atomic mass is 15.8. The van der Waals surface area contributed by atoms with Gasteiger partial charge in [0.05, 0.1) is 0 Å². The number of rotatable bonds is 1. The first-order valence-electron chi connectivity index (χ1n) is 5.55. The molecule has 2 aromatic heterocycles. The van der Waals surface area contributed by atoms with Crippen LogP contribution in [0.1, 0.15) is 0 Å². The van der Waals surface area contributed by atoms with Gasteiger partial charge in [-0.15, -0.1) is 20.1 Å². The van der Waals surface area contributed by atoms with E-state index in [1.165, 1.54) is 4.91 Å². The molecule has 2 aromatic carbocycles. The Balaban J connectivity index is 2.01. The molecule has 0 fully saturated rings. The molecule has 4 rings (SSSR count). The third-order valence-electron chi connectivity index (χ3n) is 2.78. The molecule has 0 atom stereocenters. The third-order valence-corrected chi connectivity index (χ3v) is 2.78. The maximum atomic E-state index is 4.37. The fraction of sp³-hybridized carbons (Fsp3) is 0. The summed E-state index contributed by atoms with van der Waals surface area (Å²) in [5.74, 6) is 0. The summed E-state index contributed by atoms with van der Waals surface area (Å²) in [7, 11) is 0. The monoisotopic (exact) mass is 236 g/mol. The topological polar surface area (TPSA) is 61.4 Å². The Morgan fingerprint density at radius 1 is 0.722 bits per heavy atom. The number of hydrogen-bond donors (Lipinski definition) is 0. The van der Waals surface area contributed by atoms with Crippen molar-refractivity contribution in [2.45, 2.75) is 0 Å². The molecule has 0 saturated heterocycles. The van der Waals surface area contributed by atoms with Crippen molar-refractivity contribution in [3.05, 3.63) is 48.5 Å². The smallest absolute Gasteiger partial charge is 0.117 e. The van der Waals surface area contributed by atoms with Gasteiger partial charge in [0.15, 0.2) is 0 Å². The van der Waals surface area contributed by atoms with Gasteiger partial charge < -0.3 is 0 Å². The first-order valence-corrected chi connectivity index (χ1v) is 5.55. The van der Waals surface area contributed by atoms with Gasteiger partial charge in [0.25, 0.3) is 0 Å². The number of benzene rings is 2. The summed E-state index contributed by atoms with van der Waals surface area (Å²) in [6.07, 6.45) is 0. The zero-order chi connectivity index (χ0) is 11.9. The molecule has 0 aliphatic carbocycles. The van der Waals surface area contributed by atoms with E-state index in [-0.39, 0.29) is 0 Å². The number of nitrogens with zero attached hydrogens (tertiary/aromatic N) is 6. The van der Waals surface area contributed by atoms with Gasteiger partial charge >= 0.3 is 0 Å². The number of para-hydroxylation sites is 1. The van der Waals surface area contributed by atoms with E-state index in [4.69, 9.17) is 0 Å². The van der Waals surface area contributed by atoms with E-state index in [0.29, 0.717) is 0 Å². The Hall–Kier alpha value is -2.76. The van der Waals surface area contributed by atoms with Crippen LogP contribution in [0, 0.1) is 0 Å². The normalized spacial score (nSPS) is 11.3. The lowest BCUT2D eigenvalue weighted by Gasteiger charge is -1.97. The zero-order valence-electron chi connectivity index (χ0n) is 9.30. The SMILES string of the molecule is c1ccc2nn(-n3nnc4ccccc43)nc2c1. The standard InChI is InChI=1S/C12H8N6/c1-2-6-10-9(5-1)14-18(15-10)17-12-8-4-3-7-11(12)13-16-17/h1-8H. The lowest BCUT2D eigenvalue weighted by atomic mass is 10.3. The molecular weight excluding hydrogens is 228 g/mol. The summed E-state index contributed by atoms with van der Waals surface area (Å²) in [6, 6.07) is 15.4. The highest BCUT2D eigenvalue weighted by Crippen LogP contribution is 2.11. The lowest BCUT2D eigenvalue weighted by Crippen LogP contribution is -2.14. The number of hydrogen-bond acceptors (Lipinski definition) is 4. The Labute approximate surface area is 101 Å². The van der Waals surface area contributed by atoms with Gasteiger partial charge in [0.1, 0.15) is 22.1 Å². The highest BCUT2D eigenvalue weighted by molar-refractivity contribution is 5.75. The van der Waals surface area contributed by atoms with Crippen LogP contribution in [-0.2, 0) is 0 Å². The van der Waals surface area contributed by atoms with Gasteiger partial charge in [-0.2, -0.15) is 0 Å². The van der Waals surface area contributed by atoms with Crippen LogP contribution in [-0.4, -0.2) is 30.2 Å². The van der Waals surface area contributed by atoms with Gasteiger partial charge in [-0.3, -0.25) is 0 Å². The predicted molar refractivity (Wildman–Crippen MR) is 65.9 cm³/mol. The molecule has 0 bridgehead atoms. The van der Waals surface area contributed by atoms with Crippen LogP contribution < -0.4 is 0 Å². The summed E-state index contributed by atoms with van der Waals surface area (Å²) < 4.78 is 0. The minimum Gasteiger partial charge on any atom is -0.130 e. The molecule has 4 aromatic rings. The molecule has 86 valence electrons. The molecule has 0 spiro atoms. The largest absolute Gasteiger partial charge is 0.130 e. The summed E-state index contributed by atoms with van der Waals surface area (Å²) in [5.41, 5.74) is 3.35. The molecule has 6 nitrogen and oxygen atoms in total. The van der Waals surface area contributed by atoms with Crippen LogP contribution in [0.5, 0.6) is 0 Å². The zero-order valence-corrected chi connectivity index (χ0v) is 9.30. The molecule has 0 radical (unpaired) electrons. The average molecular weight is 236 g/mol. The number of aromatic nitrogens is 6. The summed E-state index contributed by atoms with van der Waals surface area (Å²) in [5, 5.41) is 16.9. The summed E-state index contributed by atoms with van der Waals surface area (Å²) in [6.45, 7) is 0. The maximum absolute atomic E-state index is 4.37. The second-order valence-corrected chi connectivity index (χ2v) is 3.92. The van der Waals surface area contributed by atoms with E-state index in [2.05, 4.69) is 20.5 Å². The van der Waals surface area contributed by atoms with Crippen molar-refractivity contribution in [1.82, 2.24) is 30.2 Å². The predicted octanol–water partition coefficient (Wildman–Crippen LogP) is 1.49. The van der Waals surface area contributed by atoms with Gasteiger partial charge in [0, 0.05) is 0 Å². The second kappa shape index (κ2) is 3.36. The minimum absolute atomic E-state index is 0.818. The quantitative estimate of drug-likeness (QED) is 0.502. The minimum atomic E-state index is 0.818. The van der Waals surface area contributed by atoms with E-state index >= 15 is 0 Å². The Morgan fingerprint density at radius 3 is 2.06 bits per heavy atom. The third kappa shape index (κ3) is 1.22. The molecule has 0 aliphatic heterocycles. The average Bonchev–Trinajstić information content (AvgIpc) is 3.02. The molecule has 0 aliphatic rings. The molecule has 0 unspecified atom stereocenters. The molecular formula is C12H8N6. The fourth-order valence-corrected chi connectivity index (χ4v) is 1.92. The Kier molecular flexibility index (Phi) is 1.74. The van der Waals surface area contributed by atoms with Crippen molar-refractivity contribution in [2.75, 3.05) is 0 Å². The van der Waals surface area contributed by atoms with Crippen LogP contribution in [0.15, 0.2) is 48.5 Å². The summed E-state index contributed by atoms with van der Waals surface area (Å²) in [4.78, 5) is 3.04. The van der Waals surface area contributed by atoms with Gasteiger partial charge in [-0.05, 0) is 29.5 Å². The molecule has 0 amide bonds. The fourth-order valence-electron chi connectivity index (χ4n) is 1.92. The molecule has 0 N–H and O–H groups in total. The van der Waals surface area contributed by atoms with Crippen LogP contribution in [0.4, 0.5) is 0 Å². The molecule has 0 saturated carbocycles. The van der Waals surface area contributed by atoms with Crippen molar-refractivity contribution in [3.8, 4) is 0 Å². The van der Waals surface area contributed by atoms with Gasteiger partial charge in [-0.25, -0.2) is 0 Å². The van der Waals surface area contributed by atoms with E-state index in [0.717, 1.165) is 22.1 Å². The van der Waals surface area contributed by atoms with E-state index in [1.54, 1.807) is 4.79 Å². The van der Waals surface area contributed by atoms with Crippen molar-refractivity contribution in [1.29, 1.82) is 0 Å². The van der Waals surface area contributed by atoms with E-state index < -0.39 is 0 Å². The second-order valence-electron chi connectivity index (χ2n) is 3.92. The number of fused-ring (bicyclic) bond motifs is 2. The van der Waals surface area contributed by atoms with Crippen LogP contribution in [0.3, 0.4) is 0 Å². The first kappa shape index (κ1) is 9.29. The van der Waals surface area contributed by atoms with E-state index in [9.17, 15) is 0 Å². The van der Waals surface area contributed by atoms with Crippen LogP contribution in [0.25, 0.3) is 22.1 Å². The molecule has 18 heavy (non-hydrogen) atoms. The van der Waals surface area contributed by atoms with Crippen LogP contribution >= 0.6 is 0 Å². The highest BCUT2D eigenvalue weighted by Gasteiger charge is 2.08. The maximum Gasteiger partial charge on any atom is 0.117 e. The van der Waals surface area contributed by atoms with Gasteiger partial charge in [-0.1, -0.05) is 29.2 Å². The van der Waals surface area contributed by atoms with Crippen molar-refractivity contribution in [3.63, 3.8) is 0 Å². The van der Waals surface area contributed by atoms with Crippen molar-refractivity contribution in [2.24, 2.45) is 0 Å². The molecule has 2 heterocycles. The molecule has 6 heteroatoms. The van der Waals surface area contributed by atoms with Gasteiger partial charge in [0.2, 0.25) is 0 Å². The lowest BCUT2D eigenvalue weighted by molar-refractivity contribution is 0.450.